The summed E-state index contributed by atoms with van der Waals surface area (Å²) in [6.45, 7) is 1.97. The van der Waals surface area contributed by atoms with Crippen LogP contribution in [0.15, 0.2) is 54.7 Å². The van der Waals surface area contributed by atoms with E-state index in [4.69, 9.17) is 11.6 Å². The van der Waals surface area contributed by atoms with Crippen LogP contribution in [0.1, 0.15) is 24.1 Å². The van der Waals surface area contributed by atoms with Crippen molar-refractivity contribution in [1.29, 1.82) is 0 Å². The first-order chi connectivity index (χ1) is 10.6. The molecule has 0 spiro atoms. The number of carbonyl (C=O) groups is 1. The van der Waals surface area contributed by atoms with Gasteiger partial charge in [0.1, 0.15) is 0 Å². The molecule has 2 N–H and O–H groups in total. The number of aromatic nitrogens is 1. The molecule has 0 saturated carbocycles. The zero-order valence-corrected chi connectivity index (χ0v) is 13.0. The summed E-state index contributed by atoms with van der Waals surface area (Å²) in [5, 5.41) is 4.81. The molecular weight excluding hydrogens is 296 g/mol. The summed E-state index contributed by atoms with van der Waals surface area (Å²) >= 11 is 5.88. The molecule has 3 nitrogen and oxygen atoms in total. The molecule has 1 heterocycles. The Morgan fingerprint density at radius 2 is 1.91 bits per heavy atom. The molecule has 0 unspecified atom stereocenters. The minimum Gasteiger partial charge on any atom is -0.361 e. The smallest absolute Gasteiger partial charge is 0.224 e. The number of hydrogen-bond donors (Lipinski definition) is 2. The number of hydrogen-bond acceptors (Lipinski definition) is 1. The van der Waals surface area contributed by atoms with E-state index in [1.54, 1.807) is 0 Å². The van der Waals surface area contributed by atoms with Crippen LogP contribution in [-0.4, -0.2) is 10.9 Å². The molecule has 2 aromatic carbocycles. The highest BCUT2D eigenvalue weighted by molar-refractivity contribution is 6.30. The fourth-order valence-corrected chi connectivity index (χ4v) is 2.70. The van der Waals surface area contributed by atoms with Crippen molar-refractivity contribution in [3.63, 3.8) is 0 Å². The van der Waals surface area contributed by atoms with Gasteiger partial charge < -0.3 is 10.3 Å². The SMILES string of the molecule is C[C@@H](NC(=O)Cc1c[nH]c2ccccc12)c1ccc(Cl)cc1. The topological polar surface area (TPSA) is 44.9 Å². The molecule has 0 aliphatic heterocycles. The molecule has 1 amide bonds. The van der Waals surface area contributed by atoms with E-state index in [2.05, 4.69) is 10.3 Å². The van der Waals surface area contributed by atoms with Crippen LogP contribution in [0, 0.1) is 0 Å². The summed E-state index contributed by atoms with van der Waals surface area (Å²) in [6, 6.07) is 15.5. The van der Waals surface area contributed by atoms with E-state index >= 15 is 0 Å². The second kappa shape index (κ2) is 6.24. The molecule has 22 heavy (non-hydrogen) atoms. The average Bonchev–Trinajstić information content (AvgIpc) is 2.91. The van der Waals surface area contributed by atoms with Crippen molar-refractivity contribution in [2.24, 2.45) is 0 Å². The first-order valence-electron chi connectivity index (χ1n) is 7.23. The standard InChI is InChI=1S/C18H17ClN2O/c1-12(13-6-8-15(19)9-7-13)21-18(22)10-14-11-20-17-5-3-2-4-16(14)17/h2-9,11-12,20H,10H2,1H3,(H,21,22)/t12-/m1/s1. The molecule has 0 saturated heterocycles. The number of carbonyl (C=O) groups excluding carboxylic acids is 1. The first kappa shape index (κ1) is 14.7. The Hall–Kier alpha value is -2.26. The van der Waals surface area contributed by atoms with E-state index in [0.717, 1.165) is 22.0 Å². The van der Waals surface area contributed by atoms with Gasteiger partial charge >= 0.3 is 0 Å². The minimum absolute atomic E-state index is 0.00667. The zero-order chi connectivity index (χ0) is 15.5. The number of amides is 1. The molecule has 0 aliphatic rings. The highest BCUT2D eigenvalue weighted by atomic mass is 35.5. The largest absolute Gasteiger partial charge is 0.361 e. The lowest BCUT2D eigenvalue weighted by molar-refractivity contribution is -0.121. The van der Waals surface area contributed by atoms with Gasteiger partial charge in [0, 0.05) is 22.1 Å². The maximum atomic E-state index is 12.3. The zero-order valence-electron chi connectivity index (χ0n) is 12.3. The van der Waals surface area contributed by atoms with Crippen LogP contribution in [0.2, 0.25) is 5.02 Å². The molecule has 0 bridgehead atoms. The fourth-order valence-electron chi connectivity index (χ4n) is 2.58. The molecule has 0 aliphatic carbocycles. The Labute approximate surface area is 134 Å². The van der Waals surface area contributed by atoms with Gasteiger partial charge in [-0.15, -0.1) is 0 Å². The lowest BCUT2D eigenvalue weighted by Crippen LogP contribution is -2.28. The second-order valence-electron chi connectivity index (χ2n) is 5.38. The molecule has 4 heteroatoms. The summed E-state index contributed by atoms with van der Waals surface area (Å²) in [5.41, 5.74) is 3.10. The van der Waals surface area contributed by atoms with Crippen LogP contribution in [0.5, 0.6) is 0 Å². The average molecular weight is 313 g/mol. The number of fused-ring (bicyclic) bond motifs is 1. The molecule has 0 radical (unpaired) electrons. The van der Waals surface area contributed by atoms with Crippen LogP contribution in [-0.2, 0) is 11.2 Å². The highest BCUT2D eigenvalue weighted by Gasteiger charge is 2.12. The van der Waals surface area contributed by atoms with E-state index in [0.29, 0.717) is 11.4 Å². The third kappa shape index (κ3) is 3.15. The third-order valence-corrected chi connectivity index (χ3v) is 4.03. The van der Waals surface area contributed by atoms with Crippen molar-refractivity contribution in [3.8, 4) is 0 Å². The van der Waals surface area contributed by atoms with Gasteiger partial charge in [0.25, 0.3) is 0 Å². The van der Waals surface area contributed by atoms with Crippen molar-refractivity contribution in [1.82, 2.24) is 10.3 Å². The number of para-hydroxylation sites is 1. The summed E-state index contributed by atoms with van der Waals surface area (Å²) < 4.78 is 0. The van der Waals surface area contributed by atoms with E-state index < -0.39 is 0 Å². The number of halogens is 1. The number of nitrogens with one attached hydrogen (secondary N) is 2. The molecule has 112 valence electrons. The monoisotopic (exact) mass is 312 g/mol. The maximum Gasteiger partial charge on any atom is 0.224 e. The van der Waals surface area contributed by atoms with Gasteiger partial charge in [-0.25, -0.2) is 0 Å². The van der Waals surface area contributed by atoms with Crippen molar-refractivity contribution in [2.75, 3.05) is 0 Å². The number of aromatic amines is 1. The van der Waals surface area contributed by atoms with Crippen LogP contribution < -0.4 is 5.32 Å². The lowest BCUT2D eigenvalue weighted by Gasteiger charge is -2.14. The molecular formula is C18H17ClN2O. The summed E-state index contributed by atoms with van der Waals surface area (Å²) in [5.74, 6) is 0.00667. The summed E-state index contributed by atoms with van der Waals surface area (Å²) in [6.07, 6.45) is 2.26. The van der Waals surface area contributed by atoms with E-state index in [9.17, 15) is 4.79 Å². The van der Waals surface area contributed by atoms with Crippen molar-refractivity contribution >= 4 is 28.4 Å². The molecule has 3 aromatic rings. The van der Waals surface area contributed by atoms with Gasteiger partial charge in [0.15, 0.2) is 0 Å². The second-order valence-corrected chi connectivity index (χ2v) is 5.81. The third-order valence-electron chi connectivity index (χ3n) is 3.77. The fraction of sp³-hybridized carbons (Fsp3) is 0.167. The van der Waals surface area contributed by atoms with Gasteiger partial charge in [-0.2, -0.15) is 0 Å². The van der Waals surface area contributed by atoms with E-state index in [1.165, 1.54) is 0 Å². The number of benzene rings is 2. The quantitative estimate of drug-likeness (QED) is 0.743. The van der Waals surface area contributed by atoms with E-state index in [-0.39, 0.29) is 11.9 Å². The molecule has 1 atom stereocenters. The Balaban J connectivity index is 1.68. The first-order valence-corrected chi connectivity index (χ1v) is 7.61. The van der Waals surface area contributed by atoms with Gasteiger partial charge in [-0.05, 0) is 36.2 Å². The number of rotatable bonds is 4. The van der Waals surface area contributed by atoms with Crippen LogP contribution in [0.4, 0.5) is 0 Å². The van der Waals surface area contributed by atoms with Gasteiger partial charge in [0.2, 0.25) is 5.91 Å². The molecule has 0 fully saturated rings. The van der Waals surface area contributed by atoms with Crippen LogP contribution in [0.25, 0.3) is 10.9 Å². The molecule has 3 rings (SSSR count). The Kier molecular flexibility index (Phi) is 4.16. The predicted molar refractivity (Wildman–Crippen MR) is 90.0 cm³/mol. The van der Waals surface area contributed by atoms with Crippen molar-refractivity contribution in [3.05, 3.63) is 70.9 Å². The minimum atomic E-state index is -0.0463. The van der Waals surface area contributed by atoms with Crippen molar-refractivity contribution < 1.29 is 4.79 Å². The van der Waals surface area contributed by atoms with Crippen molar-refractivity contribution in [2.45, 2.75) is 19.4 Å². The van der Waals surface area contributed by atoms with Gasteiger partial charge in [-0.3, -0.25) is 4.79 Å². The maximum absolute atomic E-state index is 12.3. The highest BCUT2D eigenvalue weighted by Crippen LogP contribution is 2.19. The van der Waals surface area contributed by atoms with Crippen LogP contribution in [0.3, 0.4) is 0 Å². The molecule has 1 aromatic heterocycles. The Morgan fingerprint density at radius 1 is 1.18 bits per heavy atom. The summed E-state index contributed by atoms with van der Waals surface area (Å²) in [4.78, 5) is 15.4. The van der Waals surface area contributed by atoms with E-state index in [1.807, 2.05) is 61.7 Å². The summed E-state index contributed by atoms with van der Waals surface area (Å²) in [7, 11) is 0. The van der Waals surface area contributed by atoms with Gasteiger partial charge in [-0.1, -0.05) is 41.9 Å². The Bertz CT molecular complexity index is 792. The number of H-pyrrole nitrogens is 1. The Morgan fingerprint density at radius 3 is 2.68 bits per heavy atom. The normalized spacial score (nSPS) is 12.3. The van der Waals surface area contributed by atoms with Gasteiger partial charge in [0.05, 0.1) is 12.5 Å². The lowest BCUT2D eigenvalue weighted by atomic mass is 10.1. The van der Waals surface area contributed by atoms with Crippen LogP contribution >= 0.6 is 11.6 Å². The predicted octanol–water partition coefficient (Wildman–Crippen LogP) is 4.24.